The first-order valence-corrected chi connectivity index (χ1v) is 6.28. The molecule has 0 spiro atoms. The van der Waals surface area contributed by atoms with Crippen LogP contribution in [0.2, 0.25) is 0 Å². The van der Waals surface area contributed by atoms with E-state index in [-0.39, 0.29) is 0 Å². The Labute approximate surface area is 109 Å². The number of carbonyl (C=O) groups excluding carboxylic acids is 2. The molecule has 0 aliphatic carbocycles. The van der Waals surface area contributed by atoms with Crippen molar-refractivity contribution in [1.82, 2.24) is 0 Å². The van der Waals surface area contributed by atoms with Crippen LogP contribution in [0.3, 0.4) is 0 Å². The third-order valence-corrected chi connectivity index (χ3v) is 2.73. The van der Waals surface area contributed by atoms with Crippen LogP contribution in [0.15, 0.2) is 24.8 Å². The zero-order valence-corrected chi connectivity index (χ0v) is 11.2. The molecule has 0 aromatic heterocycles. The van der Waals surface area contributed by atoms with E-state index < -0.39 is 11.9 Å². The van der Waals surface area contributed by atoms with Gasteiger partial charge in [0.1, 0.15) is 0 Å². The van der Waals surface area contributed by atoms with Gasteiger partial charge in [0.05, 0.1) is 0 Å². The monoisotopic (exact) mass is 254 g/mol. The molecule has 0 amide bonds. The van der Waals surface area contributed by atoms with Gasteiger partial charge in [-0.2, -0.15) is 0 Å². The molecule has 0 bridgehead atoms. The van der Waals surface area contributed by atoms with Crippen LogP contribution in [0, 0.1) is 5.92 Å². The van der Waals surface area contributed by atoms with E-state index in [0.717, 1.165) is 31.8 Å². The molecule has 0 fully saturated rings. The molecular weight excluding hydrogens is 232 g/mol. The first-order chi connectivity index (χ1) is 8.54. The highest BCUT2D eigenvalue weighted by Gasteiger charge is 2.16. The molecule has 0 aromatic rings. The molecule has 4 heteroatoms. The molecule has 0 saturated carbocycles. The number of rotatable bonds is 8. The zero-order valence-electron chi connectivity index (χ0n) is 11.2. The van der Waals surface area contributed by atoms with Crippen molar-refractivity contribution in [2.45, 2.75) is 46.0 Å². The minimum absolute atomic E-state index is 0.329. The summed E-state index contributed by atoms with van der Waals surface area (Å²) in [6, 6.07) is 0. The molecule has 0 aromatic carbocycles. The summed E-state index contributed by atoms with van der Waals surface area (Å²) in [6.45, 7) is 11.1. The van der Waals surface area contributed by atoms with Gasteiger partial charge in [0.15, 0.2) is 0 Å². The van der Waals surface area contributed by atoms with E-state index in [1.165, 1.54) is 0 Å². The average Bonchev–Trinajstić information content (AvgIpc) is 2.39. The van der Waals surface area contributed by atoms with Crippen molar-refractivity contribution in [3.8, 4) is 0 Å². The van der Waals surface area contributed by atoms with Crippen LogP contribution in [0.5, 0.6) is 0 Å². The van der Waals surface area contributed by atoms with Crippen molar-refractivity contribution in [3.05, 3.63) is 24.8 Å². The first kappa shape index (κ1) is 16.4. The quantitative estimate of drug-likeness (QED) is 0.379. The second-order valence-corrected chi connectivity index (χ2v) is 4.20. The highest BCUT2D eigenvalue weighted by atomic mass is 17.2. The lowest BCUT2D eigenvalue weighted by Gasteiger charge is -2.14. The summed E-state index contributed by atoms with van der Waals surface area (Å²) >= 11 is 0. The maximum absolute atomic E-state index is 11.5. The Kier molecular flexibility index (Phi) is 8.62. The SMILES string of the molecule is C=CC(=O)OOC(=O)C(=C)CC(CC)CCCC. The molecular formula is C14H22O4. The maximum Gasteiger partial charge on any atom is 0.381 e. The molecule has 4 nitrogen and oxygen atoms in total. The fraction of sp³-hybridized carbons (Fsp3) is 0.571. The fourth-order valence-corrected chi connectivity index (χ4v) is 1.55. The fourth-order valence-electron chi connectivity index (χ4n) is 1.55. The lowest BCUT2D eigenvalue weighted by molar-refractivity contribution is -0.251. The molecule has 1 atom stereocenters. The van der Waals surface area contributed by atoms with Gasteiger partial charge < -0.3 is 0 Å². The minimum Gasteiger partial charge on any atom is -0.242 e. The van der Waals surface area contributed by atoms with Gasteiger partial charge in [-0.3, -0.25) is 0 Å². The van der Waals surface area contributed by atoms with Gasteiger partial charge >= 0.3 is 11.9 Å². The zero-order chi connectivity index (χ0) is 14.0. The summed E-state index contributed by atoms with van der Waals surface area (Å²) in [5, 5.41) is 0. The van der Waals surface area contributed by atoms with Crippen molar-refractivity contribution in [3.63, 3.8) is 0 Å². The van der Waals surface area contributed by atoms with Crippen LogP contribution in [0.4, 0.5) is 0 Å². The normalized spacial score (nSPS) is 11.4. The Morgan fingerprint density at radius 1 is 1.28 bits per heavy atom. The standard InChI is InChI=1S/C14H22O4/c1-5-8-9-12(6-2)10-11(4)14(16)18-17-13(15)7-3/h7,12H,3-6,8-10H2,1-2H3. The largest absolute Gasteiger partial charge is 0.381 e. The second-order valence-electron chi connectivity index (χ2n) is 4.20. The summed E-state index contributed by atoms with van der Waals surface area (Å²) in [6.07, 6.45) is 5.80. The van der Waals surface area contributed by atoms with Crippen LogP contribution in [-0.4, -0.2) is 11.9 Å². The molecule has 0 heterocycles. The van der Waals surface area contributed by atoms with Crippen LogP contribution in [-0.2, 0) is 19.4 Å². The van der Waals surface area contributed by atoms with Crippen LogP contribution in [0.1, 0.15) is 46.0 Å². The third kappa shape index (κ3) is 6.89. The summed E-state index contributed by atoms with van der Waals surface area (Å²) in [4.78, 5) is 30.7. The van der Waals surface area contributed by atoms with Gasteiger partial charge in [-0.15, -0.1) is 0 Å². The Morgan fingerprint density at radius 3 is 2.44 bits per heavy atom. The third-order valence-electron chi connectivity index (χ3n) is 2.73. The van der Waals surface area contributed by atoms with Crippen molar-refractivity contribution >= 4 is 11.9 Å². The van der Waals surface area contributed by atoms with Gasteiger partial charge in [0.25, 0.3) is 0 Å². The van der Waals surface area contributed by atoms with Crippen molar-refractivity contribution < 1.29 is 19.4 Å². The summed E-state index contributed by atoms with van der Waals surface area (Å²) in [7, 11) is 0. The van der Waals surface area contributed by atoms with Crippen LogP contribution < -0.4 is 0 Å². The van der Waals surface area contributed by atoms with E-state index in [1.807, 2.05) is 0 Å². The van der Waals surface area contributed by atoms with Crippen molar-refractivity contribution in [2.24, 2.45) is 5.92 Å². The van der Waals surface area contributed by atoms with Gasteiger partial charge in [-0.25, -0.2) is 19.4 Å². The topological polar surface area (TPSA) is 52.6 Å². The summed E-state index contributed by atoms with van der Waals surface area (Å²) in [5.41, 5.74) is 0.329. The smallest absolute Gasteiger partial charge is 0.242 e. The molecule has 18 heavy (non-hydrogen) atoms. The lowest BCUT2D eigenvalue weighted by atomic mass is 9.92. The molecule has 0 aliphatic heterocycles. The number of hydrogen-bond donors (Lipinski definition) is 0. The van der Waals surface area contributed by atoms with Crippen LogP contribution in [0.25, 0.3) is 0 Å². The molecule has 102 valence electrons. The maximum atomic E-state index is 11.5. The highest BCUT2D eigenvalue weighted by molar-refractivity contribution is 5.88. The Morgan fingerprint density at radius 2 is 1.94 bits per heavy atom. The van der Waals surface area contributed by atoms with Gasteiger partial charge in [-0.05, 0) is 12.3 Å². The predicted octanol–water partition coefficient (Wildman–Crippen LogP) is 3.34. The Bertz CT molecular complexity index is 307. The number of unbranched alkanes of at least 4 members (excludes halogenated alkanes) is 1. The van der Waals surface area contributed by atoms with E-state index in [0.29, 0.717) is 17.9 Å². The van der Waals surface area contributed by atoms with Gasteiger partial charge in [0.2, 0.25) is 0 Å². The Hall–Kier alpha value is -1.58. The average molecular weight is 254 g/mol. The first-order valence-electron chi connectivity index (χ1n) is 6.28. The van der Waals surface area contributed by atoms with Crippen LogP contribution >= 0.6 is 0 Å². The van der Waals surface area contributed by atoms with E-state index >= 15 is 0 Å². The summed E-state index contributed by atoms with van der Waals surface area (Å²) in [5.74, 6) is -1.07. The molecule has 0 aliphatic rings. The van der Waals surface area contributed by atoms with Crippen molar-refractivity contribution in [2.75, 3.05) is 0 Å². The minimum atomic E-state index is -0.797. The second kappa shape index (κ2) is 9.45. The van der Waals surface area contributed by atoms with Gasteiger partial charge in [-0.1, -0.05) is 52.7 Å². The predicted molar refractivity (Wildman–Crippen MR) is 69.4 cm³/mol. The van der Waals surface area contributed by atoms with Gasteiger partial charge in [0, 0.05) is 11.6 Å². The highest BCUT2D eigenvalue weighted by Crippen LogP contribution is 2.21. The molecule has 1 unspecified atom stereocenters. The molecule has 0 rings (SSSR count). The summed E-state index contributed by atoms with van der Waals surface area (Å²) < 4.78 is 0. The van der Waals surface area contributed by atoms with E-state index in [4.69, 9.17) is 0 Å². The van der Waals surface area contributed by atoms with E-state index in [9.17, 15) is 9.59 Å². The Balaban J connectivity index is 4.08. The van der Waals surface area contributed by atoms with E-state index in [1.54, 1.807) is 0 Å². The lowest BCUT2D eigenvalue weighted by Crippen LogP contribution is -2.13. The molecule has 0 radical (unpaired) electrons. The number of carbonyl (C=O) groups is 2. The van der Waals surface area contributed by atoms with E-state index in [2.05, 4.69) is 36.8 Å². The molecule has 0 N–H and O–H groups in total. The molecule has 0 saturated heterocycles. The number of hydrogen-bond acceptors (Lipinski definition) is 4. The van der Waals surface area contributed by atoms with Crippen molar-refractivity contribution in [1.29, 1.82) is 0 Å².